The lowest BCUT2D eigenvalue weighted by atomic mass is 9.97. The molecular formula is C14H20O2. The maximum Gasteiger partial charge on any atom is 0.119 e. The largest absolute Gasteiger partial charge is 0.508 e. The highest BCUT2D eigenvalue weighted by molar-refractivity contribution is 5.48. The zero-order valence-electron chi connectivity index (χ0n) is 9.87. The van der Waals surface area contributed by atoms with E-state index in [1.165, 1.54) is 6.07 Å². The molecule has 0 radical (unpaired) electrons. The molecule has 0 spiro atoms. The van der Waals surface area contributed by atoms with Crippen molar-refractivity contribution >= 4 is 0 Å². The molecule has 0 heterocycles. The molecule has 0 fully saturated rings. The average Bonchev–Trinajstić information content (AvgIpc) is 2.27. The molecule has 2 N–H and O–H groups in total. The zero-order chi connectivity index (χ0) is 12.0. The Bertz CT molecular complexity index is 356. The van der Waals surface area contributed by atoms with E-state index in [1.54, 1.807) is 12.1 Å². The van der Waals surface area contributed by atoms with E-state index >= 15 is 0 Å². The van der Waals surface area contributed by atoms with Gasteiger partial charge in [0, 0.05) is 11.1 Å². The molecule has 16 heavy (non-hydrogen) atoms. The Labute approximate surface area is 97.2 Å². The first kappa shape index (κ1) is 12.6. The molecule has 88 valence electrons. The SMILES string of the molecule is C=CCc1c(O)ccc(O)c1CCCCC. The van der Waals surface area contributed by atoms with Gasteiger partial charge in [0.2, 0.25) is 0 Å². The first-order valence-corrected chi connectivity index (χ1v) is 5.84. The van der Waals surface area contributed by atoms with Crippen LogP contribution in [0.4, 0.5) is 0 Å². The Kier molecular flexibility index (Phi) is 4.90. The molecule has 1 rings (SSSR count). The quantitative estimate of drug-likeness (QED) is 0.437. The molecule has 0 saturated carbocycles. The molecule has 0 bridgehead atoms. The van der Waals surface area contributed by atoms with Crippen molar-refractivity contribution in [3.63, 3.8) is 0 Å². The molecular weight excluding hydrogens is 200 g/mol. The highest BCUT2D eigenvalue weighted by atomic mass is 16.3. The van der Waals surface area contributed by atoms with E-state index in [0.717, 1.165) is 36.8 Å². The molecule has 0 amide bonds. The van der Waals surface area contributed by atoms with Crippen LogP contribution in [0.2, 0.25) is 0 Å². The Balaban J connectivity index is 2.93. The van der Waals surface area contributed by atoms with Gasteiger partial charge in [-0.3, -0.25) is 0 Å². The fraction of sp³-hybridized carbons (Fsp3) is 0.429. The molecule has 0 unspecified atom stereocenters. The summed E-state index contributed by atoms with van der Waals surface area (Å²) < 4.78 is 0. The second kappa shape index (κ2) is 6.21. The van der Waals surface area contributed by atoms with Crippen LogP contribution in [-0.2, 0) is 12.8 Å². The fourth-order valence-electron chi connectivity index (χ4n) is 1.87. The molecule has 0 aliphatic carbocycles. The molecule has 2 heteroatoms. The van der Waals surface area contributed by atoms with Crippen molar-refractivity contribution in [1.82, 2.24) is 0 Å². The van der Waals surface area contributed by atoms with Gasteiger partial charge in [-0.15, -0.1) is 6.58 Å². The maximum absolute atomic E-state index is 9.80. The summed E-state index contributed by atoms with van der Waals surface area (Å²) in [5.74, 6) is 0.537. The molecule has 1 aromatic carbocycles. The van der Waals surface area contributed by atoms with Crippen LogP contribution in [0.5, 0.6) is 11.5 Å². The summed E-state index contributed by atoms with van der Waals surface area (Å²) in [5, 5.41) is 19.5. The molecule has 0 aliphatic heterocycles. The first-order valence-electron chi connectivity index (χ1n) is 5.84. The van der Waals surface area contributed by atoms with E-state index in [9.17, 15) is 10.2 Å². The van der Waals surface area contributed by atoms with Gasteiger partial charge < -0.3 is 10.2 Å². The van der Waals surface area contributed by atoms with Crippen LogP contribution in [0.15, 0.2) is 24.8 Å². The van der Waals surface area contributed by atoms with Crippen LogP contribution in [0.3, 0.4) is 0 Å². The Morgan fingerprint density at radius 3 is 2.31 bits per heavy atom. The van der Waals surface area contributed by atoms with Gasteiger partial charge >= 0.3 is 0 Å². The van der Waals surface area contributed by atoms with E-state index in [0.29, 0.717) is 6.42 Å². The number of rotatable bonds is 6. The summed E-state index contributed by atoms with van der Waals surface area (Å²) in [6.07, 6.45) is 6.49. The lowest BCUT2D eigenvalue weighted by Gasteiger charge is -2.11. The minimum atomic E-state index is 0.254. The van der Waals surface area contributed by atoms with Gasteiger partial charge in [-0.2, -0.15) is 0 Å². The third-order valence-electron chi connectivity index (χ3n) is 2.76. The highest BCUT2D eigenvalue weighted by Gasteiger charge is 2.10. The summed E-state index contributed by atoms with van der Waals surface area (Å²) in [4.78, 5) is 0. The smallest absolute Gasteiger partial charge is 0.119 e. The lowest BCUT2D eigenvalue weighted by Crippen LogP contribution is -1.95. The zero-order valence-corrected chi connectivity index (χ0v) is 9.87. The molecule has 2 nitrogen and oxygen atoms in total. The normalized spacial score (nSPS) is 10.3. The fourth-order valence-corrected chi connectivity index (χ4v) is 1.87. The standard InChI is InChI=1S/C14H20O2/c1-3-5-6-8-12-11(7-4-2)13(15)9-10-14(12)16/h4,9-10,15-16H,2-3,5-8H2,1H3. The number of aromatic hydroxyl groups is 2. The van der Waals surface area contributed by atoms with Gasteiger partial charge in [-0.1, -0.05) is 25.8 Å². The number of hydrogen-bond donors (Lipinski definition) is 2. The van der Waals surface area contributed by atoms with Crippen molar-refractivity contribution in [2.45, 2.75) is 39.0 Å². The molecule has 0 atom stereocenters. The van der Waals surface area contributed by atoms with Crippen LogP contribution < -0.4 is 0 Å². The van der Waals surface area contributed by atoms with Gasteiger partial charge in [-0.05, 0) is 31.4 Å². The number of phenolic OH excluding ortho intramolecular Hbond substituents is 2. The number of allylic oxidation sites excluding steroid dienone is 1. The van der Waals surface area contributed by atoms with Crippen molar-refractivity contribution < 1.29 is 10.2 Å². The van der Waals surface area contributed by atoms with E-state index in [-0.39, 0.29) is 11.5 Å². The third kappa shape index (κ3) is 3.02. The Morgan fingerprint density at radius 2 is 1.75 bits per heavy atom. The molecule has 1 aromatic rings. The number of hydrogen-bond acceptors (Lipinski definition) is 2. The summed E-state index contributed by atoms with van der Waals surface area (Å²) in [7, 11) is 0. The second-order valence-electron chi connectivity index (χ2n) is 4.01. The summed E-state index contributed by atoms with van der Waals surface area (Å²) in [6, 6.07) is 3.10. The van der Waals surface area contributed by atoms with Gasteiger partial charge in [0.25, 0.3) is 0 Å². The van der Waals surface area contributed by atoms with E-state index in [2.05, 4.69) is 13.5 Å². The summed E-state index contributed by atoms with van der Waals surface area (Å²) >= 11 is 0. The van der Waals surface area contributed by atoms with E-state index in [1.807, 2.05) is 0 Å². The van der Waals surface area contributed by atoms with Gasteiger partial charge in [0.1, 0.15) is 11.5 Å². The van der Waals surface area contributed by atoms with E-state index in [4.69, 9.17) is 0 Å². The predicted molar refractivity (Wildman–Crippen MR) is 66.9 cm³/mol. The van der Waals surface area contributed by atoms with Gasteiger partial charge in [0.05, 0.1) is 0 Å². The van der Waals surface area contributed by atoms with Crippen LogP contribution in [0, 0.1) is 0 Å². The molecule has 0 aliphatic rings. The van der Waals surface area contributed by atoms with Crippen LogP contribution in [-0.4, -0.2) is 10.2 Å². The number of unbranched alkanes of at least 4 members (excludes halogenated alkanes) is 2. The second-order valence-corrected chi connectivity index (χ2v) is 4.01. The lowest BCUT2D eigenvalue weighted by molar-refractivity contribution is 0.448. The first-order chi connectivity index (χ1) is 7.70. The minimum absolute atomic E-state index is 0.254. The molecule has 0 saturated heterocycles. The number of phenols is 2. The Hall–Kier alpha value is -1.44. The summed E-state index contributed by atoms with van der Waals surface area (Å²) in [5.41, 5.74) is 1.68. The van der Waals surface area contributed by atoms with Crippen LogP contribution >= 0.6 is 0 Å². The van der Waals surface area contributed by atoms with Crippen molar-refractivity contribution in [2.75, 3.05) is 0 Å². The third-order valence-corrected chi connectivity index (χ3v) is 2.76. The average molecular weight is 220 g/mol. The monoisotopic (exact) mass is 220 g/mol. The van der Waals surface area contributed by atoms with Crippen molar-refractivity contribution in [1.29, 1.82) is 0 Å². The van der Waals surface area contributed by atoms with Crippen LogP contribution in [0.25, 0.3) is 0 Å². The van der Waals surface area contributed by atoms with E-state index < -0.39 is 0 Å². The van der Waals surface area contributed by atoms with Crippen LogP contribution in [0.1, 0.15) is 37.3 Å². The minimum Gasteiger partial charge on any atom is -0.508 e. The van der Waals surface area contributed by atoms with Crippen molar-refractivity contribution in [3.8, 4) is 11.5 Å². The topological polar surface area (TPSA) is 40.5 Å². The maximum atomic E-state index is 9.80. The van der Waals surface area contributed by atoms with Gasteiger partial charge in [0.15, 0.2) is 0 Å². The van der Waals surface area contributed by atoms with Crippen molar-refractivity contribution in [2.24, 2.45) is 0 Å². The predicted octanol–water partition coefficient (Wildman–Crippen LogP) is 3.56. The van der Waals surface area contributed by atoms with Crippen molar-refractivity contribution in [3.05, 3.63) is 35.9 Å². The highest BCUT2D eigenvalue weighted by Crippen LogP contribution is 2.31. The number of benzene rings is 1. The summed E-state index contributed by atoms with van der Waals surface area (Å²) in [6.45, 7) is 5.82. The molecule has 0 aromatic heterocycles. The Morgan fingerprint density at radius 1 is 1.12 bits per heavy atom. The van der Waals surface area contributed by atoms with Gasteiger partial charge in [-0.25, -0.2) is 0 Å².